The van der Waals surface area contributed by atoms with Crippen LogP contribution in [0.1, 0.15) is 47.6 Å². The number of benzene rings is 1. The number of thioether (sulfide) groups is 1. The predicted octanol–water partition coefficient (Wildman–Crippen LogP) is 4.81. The summed E-state index contributed by atoms with van der Waals surface area (Å²) in [7, 11) is 0. The van der Waals surface area contributed by atoms with Gasteiger partial charge >= 0.3 is 0 Å². The summed E-state index contributed by atoms with van der Waals surface area (Å²) in [5, 5.41) is 9.82. The number of carbonyl (C=O) groups is 1. The van der Waals surface area contributed by atoms with Crippen molar-refractivity contribution in [2.75, 3.05) is 0 Å². The fraction of sp³-hybridized carbons (Fsp3) is 0.316. The molecule has 1 aliphatic carbocycles. The molecular weight excluding hydrogens is 370 g/mol. The lowest BCUT2D eigenvalue weighted by Gasteiger charge is -2.12. The van der Waals surface area contributed by atoms with Crippen molar-refractivity contribution in [3.05, 3.63) is 64.8 Å². The lowest BCUT2D eigenvalue weighted by Crippen LogP contribution is -2.15. The summed E-state index contributed by atoms with van der Waals surface area (Å²) in [4.78, 5) is 12.7. The van der Waals surface area contributed by atoms with Gasteiger partial charge in [0.05, 0.1) is 18.1 Å². The van der Waals surface area contributed by atoms with Gasteiger partial charge in [0.25, 0.3) is 0 Å². The molecule has 0 radical (unpaired) electrons. The van der Waals surface area contributed by atoms with E-state index >= 15 is 0 Å². The second-order valence-corrected chi connectivity index (χ2v) is 8.16. The summed E-state index contributed by atoms with van der Waals surface area (Å²) in [6.45, 7) is 2.47. The van der Waals surface area contributed by atoms with Crippen LogP contribution < -0.4 is 0 Å². The molecule has 7 heteroatoms. The molecule has 1 unspecified atom stereocenters. The molecule has 26 heavy (non-hydrogen) atoms. The number of aromatic nitrogens is 3. The van der Waals surface area contributed by atoms with Crippen molar-refractivity contribution in [1.29, 1.82) is 0 Å². The van der Waals surface area contributed by atoms with Gasteiger partial charge in [0, 0.05) is 16.5 Å². The topological polar surface area (TPSA) is 60.9 Å². The summed E-state index contributed by atoms with van der Waals surface area (Å²) in [5.74, 6) is 2.35. The minimum absolute atomic E-state index is 0.0483. The highest BCUT2D eigenvalue weighted by atomic mass is 35.5. The number of halogens is 1. The molecular formula is C19H18ClN3O2S. The fourth-order valence-electron chi connectivity index (χ4n) is 2.80. The number of furan rings is 1. The number of ketones is 1. The van der Waals surface area contributed by atoms with Crippen LogP contribution in [0.4, 0.5) is 0 Å². The van der Waals surface area contributed by atoms with E-state index in [1.165, 1.54) is 11.8 Å². The first-order valence-electron chi connectivity index (χ1n) is 8.53. The summed E-state index contributed by atoms with van der Waals surface area (Å²) < 4.78 is 7.56. The molecule has 1 saturated carbocycles. The smallest absolute Gasteiger partial charge is 0.192 e. The summed E-state index contributed by atoms with van der Waals surface area (Å²) >= 11 is 7.34. The largest absolute Gasteiger partial charge is 0.467 e. The van der Waals surface area contributed by atoms with Gasteiger partial charge in [0.1, 0.15) is 11.6 Å². The van der Waals surface area contributed by atoms with Crippen LogP contribution in [0.5, 0.6) is 0 Å². The normalized spacial score (nSPS) is 15.2. The quantitative estimate of drug-likeness (QED) is 0.430. The van der Waals surface area contributed by atoms with E-state index in [1.54, 1.807) is 30.5 Å². The summed E-state index contributed by atoms with van der Waals surface area (Å²) in [5.41, 5.74) is 0.647. The monoisotopic (exact) mass is 387 g/mol. The minimum Gasteiger partial charge on any atom is -0.467 e. The Morgan fingerprint density at radius 1 is 1.31 bits per heavy atom. The minimum atomic E-state index is -0.275. The van der Waals surface area contributed by atoms with Gasteiger partial charge < -0.3 is 4.42 Å². The molecule has 0 aliphatic heterocycles. The number of rotatable bonds is 7. The number of carbonyl (C=O) groups excluding carboxylic acids is 1. The highest BCUT2D eigenvalue weighted by Crippen LogP contribution is 2.40. The van der Waals surface area contributed by atoms with Crippen LogP contribution in [-0.4, -0.2) is 25.8 Å². The molecule has 4 rings (SSSR count). The van der Waals surface area contributed by atoms with Crippen LogP contribution in [0.15, 0.2) is 52.2 Å². The Hall–Kier alpha value is -2.05. The highest BCUT2D eigenvalue weighted by molar-refractivity contribution is 8.00. The van der Waals surface area contributed by atoms with Crippen molar-refractivity contribution in [3.63, 3.8) is 0 Å². The van der Waals surface area contributed by atoms with E-state index in [0.29, 0.717) is 23.0 Å². The van der Waals surface area contributed by atoms with Gasteiger partial charge in [-0.25, -0.2) is 0 Å². The molecule has 5 nitrogen and oxygen atoms in total. The maximum atomic E-state index is 12.7. The Kier molecular flexibility index (Phi) is 4.87. The molecule has 3 aromatic rings. The molecule has 2 heterocycles. The van der Waals surface area contributed by atoms with Gasteiger partial charge in [0.15, 0.2) is 10.9 Å². The standard InChI is InChI=1S/C19H18ClN3O2S/c1-12(17(24)13-6-8-15(20)9-7-13)26-19-22-21-18(14-4-5-14)23(19)11-16-3-2-10-25-16/h2-3,6-10,12,14H,4-5,11H2,1H3. The first kappa shape index (κ1) is 17.4. The third kappa shape index (κ3) is 3.71. The van der Waals surface area contributed by atoms with E-state index in [9.17, 15) is 4.79 Å². The molecule has 2 aromatic heterocycles. The second kappa shape index (κ2) is 7.29. The third-order valence-electron chi connectivity index (χ3n) is 4.36. The third-order valence-corrected chi connectivity index (χ3v) is 5.69. The molecule has 1 atom stereocenters. The Balaban J connectivity index is 1.55. The Bertz CT molecular complexity index is 902. The zero-order valence-electron chi connectivity index (χ0n) is 14.3. The SMILES string of the molecule is CC(Sc1nnc(C2CC2)n1Cc1ccco1)C(=O)c1ccc(Cl)cc1. The zero-order chi connectivity index (χ0) is 18.1. The Morgan fingerprint density at radius 2 is 2.08 bits per heavy atom. The molecule has 0 amide bonds. The first-order chi connectivity index (χ1) is 12.6. The van der Waals surface area contributed by atoms with Crippen molar-refractivity contribution >= 4 is 29.1 Å². The maximum absolute atomic E-state index is 12.7. The number of hydrogen-bond donors (Lipinski definition) is 0. The second-order valence-electron chi connectivity index (χ2n) is 6.41. The van der Waals surface area contributed by atoms with Crippen LogP contribution in [-0.2, 0) is 6.54 Å². The van der Waals surface area contributed by atoms with E-state index in [-0.39, 0.29) is 11.0 Å². The molecule has 0 saturated heterocycles. The van der Waals surface area contributed by atoms with Gasteiger partial charge in [0.2, 0.25) is 0 Å². The molecule has 1 aromatic carbocycles. The predicted molar refractivity (Wildman–Crippen MR) is 101 cm³/mol. The van der Waals surface area contributed by atoms with Crippen LogP contribution in [0.2, 0.25) is 5.02 Å². The van der Waals surface area contributed by atoms with Crippen molar-refractivity contribution in [2.24, 2.45) is 0 Å². The number of Topliss-reactive ketones (excluding diaryl/α,β-unsaturated/α-hetero) is 1. The molecule has 1 aliphatic rings. The van der Waals surface area contributed by atoms with Crippen LogP contribution in [0.3, 0.4) is 0 Å². The Labute approximate surface area is 160 Å². The van der Waals surface area contributed by atoms with Crippen LogP contribution in [0.25, 0.3) is 0 Å². The molecule has 0 N–H and O–H groups in total. The van der Waals surface area contributed by atoms with Gasteiger partial charge in [-0.1, -0.05) is 23.4 Å². The van der Waals surface area contributed by atoms with Gasteiger partial charge in [-0.15, -0.1) is 10.2 Å². The average molecular weight is 388 g/mol. The lowest BCUT2D eigenvalue weighted by molar-refractivity contribution is 0.0994. The fourth-order valence-corrected chi connectivity index (χ4v) is 3.86. The van der Waals surface area contributed by atoms with Crippen molar-refractivity contribution in [2.45, 2.75) is 42.6 Å². The number of hydrogen-bond acceptors (Lipinski definition) is 5. The van der Waals surface area contributed by atoms with E-state index in [1.807, 2.05) is 19.1 Å². The van der Waals surface area contributed by atoms with E-state index in [0.717, 1.165) is 29.6 Å². The molecule has 0 bridgehead atoms. The Morgan fingerprint density at radius 3 is 2.73 bits per heavy atom. The van der Waals surface area contributed by atoms with Crippen LogP contribution >= 0.6 is 23.4 Å². The van der Waals surface area contributed by atoms with E-state index in [2.05, 4.69) is 14.8 Å². The van der Waals surface area contributed by atoms with Crippen molar-refractivity contribution < 1.29 is 9.21 Å². The van der Waals surface area contributed by atoms with Crippen LogP contribution in [0, 0.1) is 0 Å². The van der Waals surface area contributed by atoms with E-state index in [4.69, 9.17) is 16.0 Å². The van der Waals surface area contributed by atoms with Gasteiger partial charge in [-0.2, -0.15) is 0 Å². The molecule has 134 valence electrons. The van der Waals surface area contributed by atoms with Gasteiger partial charge in [-0.3, -0.25) is 9.36 Å². The summed E-state index contributed by atoms with van der Waals surface area (Å²) in [6.07, 6.45) is 3.94. The lowest BCUT2D eigenvalue weighted by atomic mass is 10.1. The molecule has 1 fully saturated rings. The molecule has 0 spiro atoms. The number of nitrogens with zero attached hydrogens (tertiary/aromatic N) is 3. The maximum Gasteiger partial charge on any atom is 0.192 e. The van der Waals surface area contributed by atoms with E-state index < -0.39 is 0 Å². The van der Waals surface area contributed by atoms with Crippen molar-refractivity contribution in [3.8, 4) is 0 Å². The highest BCUT2D eigenvalue weighted by Gasteiger charge is 2.31. The van der Waals surface area contributed by atoms with Crippen molar-refractivity contribution in [1.82, 2.24) is 14.8 Å². The van der Waals surface area contributed by atoms with Gasteiger partial charge in [-0.05, 0) is 56.2 Å². The average Bonchev–Trinajstić information content (AvgIpc) is 3.21. The zero-order valence-corrected chi connectivity index (χ0v) is 15.8. The first-order valence-corrected chi connectivity index (χ1v) is 9.79. The summed E-state index contributed by atoms with van der Waals surface area (Å²) in [6, 6.07) is 10.8.